The van der Waals surface area contributed by atoms with Crippen LogP contribution in [0, 0.1) is 6.92 Å². The lowest BCUT2D eigenvalue weighted by atomic mass is 10.1. The van der Waals surface area contributed by atoms with Crippen LogP contribution in [0.3, 0.4) is 0 Å². The Balaban J connectivity index is 2.52. The third-order valence-electron chi connectivity index (χ3n) is 1.77. The largest absolute Gasteiger partial charge is 0.385 e. The zero-order valence-corrected chi connectivity index (χ0v) is 7.16. The minimum Gasteiger partial charge on any atom is -0.385 e. The lowest BCUT2D eigenvalue weighted by Gasteiger charge is -2.05. The normalized spacial score (nSPS) is 13.2. The van der Waals surface area contributed by atoms with Crippen molar-refractivity contribution in [2.75, 3.05) is 6.54 Å². The van der Waals surface area contributed by atoms with Crippen LogP contribution in [0.4, 0.5) is 0 Å². The Kier molecular flexibility index (Phi) is 3.25. The van der Waals surface area contributed by atoms with Crippen molar-refractivity contribution in [1.29, 1.82) is 0 Å². The maximum atomic E-state index is 9.53. The van der Waals surface area contributed by atoms with Gasteiger partial charge in [0.2, 0.25) is 0 Å². The van der Waals surface area contributed by atoms with E-state index in [2.05, 4.69) is 5.16 Å². The molecular weight excluding hydrogens is 156 g/mol. The van der Waals surface area contributed by atoms with Crippen LogP contribution >= 0.6 is 0 Å². The lowest BCUT2D eigenvalue weighted by molar-refractivity contribution is 0.128. The van der Waals surface area contributed by atoms with E-state index in [1.807, 2.05) is 6.92 Å². The molecule has 4 nitrogen and oxygen atoms in total. The van der Waals surface area contributed by atoms with Crippen molar-refractivity contribution < 1.29 is 9.63 Å². The molecule has 0 fully saturated rings. The Morgan fingerprint density at radius 2 is 2.50 bits per heavy atom. The van der Waals surface area contributed by atoms with Gasteiger partial charge in [-0.1, -0.05) is 5.16 Å². The van der Waals surface area contributed by atoms with E-state index in [1.165, 1.54) is 0 Å². The van der Waals surface area contributed by atoms with Gasteiger partial charge >= 0.3 is 0 Å². The van der Waals surface area contributed by atoms with E-state index in [0.29, 0.717) is 18.7 Å². The molecule has 0 spiro atoms. The second kappa shape index (κ2) is 4.23. The van der Waals surface area contributed by atoms with Gasteiger partial charge in [0.05, 0.1) is 6.20 Å². The smallest absolute Gasteiger partial charge is 0.168 e. The molecule has 12 heavy (non-hydrogen) atoms. The van der Waals surface area contributed by atoms with Crippen LogP contribution in [-0.2, 0) is 0 Å². The van der Waals surface area contributed by atoms with E-state index in [1.54, 1.807) is 6.20 Å². The molecule has 4 heteroatoms. The summed E-state index contributed by atoms with van der Waals surface area (Å²) in [5, 5.41) is 13.1. The number of aliphatic hydroxyl groups excluding tert-OH is 1. The zero-order chi connectivity index (χ0) is 8.97. The average Bonchev–Trinajstić information content (AvgIpc) is 2.47. The summed E-state index contributed by atoms with van der Waals surface area (Å²) < 4.78 is 4.88. The summed E-state index contributed by atoms with van der Waals surface area (Å²) in [5.41, 5.74) is 6.20. The maximum Gasteiger partial charge on any atom is 0.168 e. The van der Waals surface area contributed by atoms with Gasteiger partial charge in [0.15, 0.2) is 5.76 Å². The van der Waals surface area contributed by atoms with Gasteiger partial charge in [-0.25, -0.2) is 0 Å². The van der Waals surface area contributed by atoms with Gasteiger partial charge in [0, 0.05) is 5.56 Å². The monoisotopic (exact) mass is 170 g/mol. The van der Waals surface area contributed by atoms with Crippen LogP contribution in [0.2, 0.25) is 0 Å². The standard InChI is InChI=1S/C8H14N2O2/c1-6-5-10-12-8(6)7(11)3-2-4-9/h5,7,11H,2-4,9H2,1H3. The molecular formula is C8H14N2O2. The Morgan fingerprint density at radius 3 is 3.00 bits per heavy atom. The number of aromatic nitrogens is 1. The highest BCUT2D eigenvalue weighted by atomic mass is 16.5. The number of nitrogens with two attached hydrogens (primary N) is 1. The first-order chi connectivity index (χ1) is 5.75. The van der Waals surface area contributed by atoms with E-state index in [-0.39, 0.29) is 0 Å². The van der Waals surface area contributed by atoms with Crippen molar-refractivity contribution in [3.05, 3.63) is 17.5 Å². The van der Waals surface area contributed by atoms with Crippen LogP contribution < -0.4 is 5.73 Å². The number of rotatable bonds is 4. The molecule has 0 radical (unpaired) electrons. The van der Waals surface area contributed by atoms with Gasteiger partial charge in [-0.3, -0.25) is 0 Å². The zero-order valence-electron chi connectivity index (χ0n) is 7.16. The molecule has 3 N–H and O–H groups in total. The Labute approximate surface area is 71.4 Å². The SMILES string of the molecule is Cc1cnoc1C(O)CCCN. The van der Waals surface area contributed by atoms with E-state index in [4.69, 9.17) is 10.3 Å². The Bertz CT molecular complexity index is 235. The summed E-state index contributed by atoms with van der Waals surface area (Å²) in [6.45, 7) is 2.45. The van der Waals surface area contributed by atoms with Crippen molar-refractivity contribution in [1.82, 2.24) is 5.16 Å². The molecule has 0 aliphatic heterocycles. The van der Waals surface area contributed by atoms with Crippen LogP contribution in [-0.4, -0.2) is 16.8 Å². The van der Waals surface area contributed by atoms with E-state index < -0.39 is 6.10 Å². The summed E-state index contributed by atoms with van der Waals surface area (Å²) in [5.74, 6) is 0.559. The quantitative estimate of drug-likeness (QED) is 0.699. The molecule has 0 bridgehead atoms. The fourth-order valence-electron chi connectivity index (χ4n) is 1.06. The highest BCUT2D eigenvalue weighted by Gasteiger charge is 2.13. The molecule has 0 saturated heterocycles. The number of aryl methyl sites for hydroxylation is 1. The molecule has 1 aromatic heterocycles. The summed E-state index contributed by atoms with van der Waals surface area (Å²) in [6.07, 6.45) is 2.46. The first-order valence-electron chi connectivity index (χ1n) is 4.05. The minimum absolute atomic E-state index is 0.559. The molecule has 1 aromatic rings. The third kappa shape index (κ3) is 2.06. The molecule has 0 aromatic carbocycles. The molecule has 0 saturated carbocycles. The van der Waals surface area contributed by atoms with Crippen LogP contribution in [0.1, 0.15) is 30.3 Å². The highest BCUT2D eigenvalue weighted by molar-refractivity contribution is 5.12. The predicted octanol–water partition coefficient (Wildman–Crippen LogP) is 0.755. The molecule has 1 heterocycles. The molecule has 1 unspecified atom stereocenters. The predicted molar refractivity (Wildman–Crippen MR) is 44.5 cm³/mol. The van der Waals surface area contributed by atoms with Gasteiger partial charge in [-0.2, -0.15) is 0 Å². The van der Waals surface area contributed by atoms with E-state index >= 15 is 0 Å². The van der Waals surface area contributed by atoms with Crippen molar-refractivity contribution in [2.45, 2.75) is 25.9 Å². The summed E-state index contributed by atoms with van der Waals surface area (Å²) in [4.78, 5) is 0. The number of aliphatic hydroxyl groups is 1. The van der Waals surface area contributed by atoms with E-state index in [9.17, 15) is 5.11 Å². The number of hydrogen-bond acceptors (Lipinski definition) is 4. The van der Waals surface area contributed by atoms with Crippen molar-refractivity contribution in [2.24, 2.45) is 5.73 Å². The van der Waals surface area contributed by atoms with Crippen molar-refractivity contribution in [3.63, 3.8) is 0 Å². The fourth-order valence-corrected chi connectivity index (χ4v) is 1.06. The van der Waals surface area contributed by atoms with Gasteiger partial charge in [-0.15, -0.1) is 0 Å². The van der Waals surface area contributed by atoms with Crippen LogP contribution in [0.15, 0.2) is 10.7 Å². The van der Waals surface area contributed by atoms with E-state index in [0.717, 1.165) is 12.0 Å². The summed E-state index contributed by atoms with van der Waals surface area (Å²) in [7, 11) is 0. The molecule has 1 rings (SSSR count). The summed E-state index contributed by atoms with van der Waals surface area (Å²) in [6, 6.07) is 0. The topological polar surface area (TPSA) is 72.3 Å². The molecule has 0 aliphatic rings. The lowest BCUT2D eigenvalue weighted by Crippen LogP contribution is -2.03. The molecule has 0 amide bonds. The molecule has 1 atom stereocenters. The third-order valence-corrected chi connectivity index (χ3v) is 1.77. The minimum atomic E-state index is -0.559. The van der Waals surface area contributed by atoms with Crippen molar-refractivity contribution >= 4 is 0 Å². The van der Waals surface area contributed by atoms with Crippen molar-refractivity contribution in [3.8, 4) is 0 Å². The molecule has 0 aliphatic carbocycles. The first-order valence-corrected chi connectivity index (χ1v) is 4.05. The van der Waals surface area contributed by atoms with Gasteiger partial charge in [0.25, 0.3) is 0 Å². The highest BCUT2D eigenvalue weighted by Crippen LogP contribution is 2.20. The van der Waals surface area contributed by atoms with Crippen LogP contribution in [0.5, 0.6) is 0 Å². The number of hydrogen-bond donors (Lipinski definition) is 2. The second-order valence-electron chi connectivity index (χ2n) is 2.82. The number of nitrogens with zero attached hydrogens (tertiary/aromatic N) is 1. The molecule has 68 valence electrons. The Hall–Kier alpha value is -0.870. The van der Waals surface area contributed by atoms with Crippen LogP contribution in [0.25, 0.3) is 0 Å². The average molecular weight is 170 g/mol. The van der Waals surface area contributed by atoms with Gasteiger partial charge in [-0.05, 0) is 26.3 Å². The second-order valence-corrected chi connectivity index (χ2v) is 2.82. The first kappa shape index (κ1) is 9.22. The van der Waals surface area contributed by atoms with Gasteiger partial charge in [0.1, 0.15) is 6.10 Å². The fraction of sp³-hybridized carbons (Fsp3) is 0.625. The van der Waals surface area contributed by atoms with Gasteiger partial charge < -0.3 is 15.4 Å². The maximum absolute atomic E-state index is 9.53. The Morgan fingerprint density at radius 1 is 1.75 bits per heavy atom. The summed E-state index contributed by atoms with van der Waals surface area (Å²) >= 11 is 0.